The van der Waals surface area contributed by atoms with E-state index in [0.717, 1.165) is 35.3 Å². The Morgan fingerprint density at radius 2 is 1.52 bits per heavy atom. The molecule has 4 saturated carbocycles. The molecule has 4 bridgehead atoms. The van der Waals surface area contributed by atoms with Crippen LogP contribution >= 0.6 is 0 Å². The van der Waals surface area contributed by atoms with Crippen molar-refractivity contribution >= 4 is 27.3 Å². The standard InChI is InChI=1S/C25H30N2O3S/c1-16-3-4-20(12-23(16)27-31(2,29)30)24(28)26-22-7-5-21(6-8-22)25-13-17-9-18(14-25)11-19(10-17)15-25/h3-8,12,17-19,27H,9-11,13-15H2,1-2H3,(H,26,28). The molecule has 6 heteroatoms. The lowest BCUT2D eigenvalue weighted by Gasteiger charge is -2.57. The van der Waals surface area contributed by atoms with Crippen LogP contribution in [-0.4, -0.2) is 20.6 Å². The largest absolute Gasteiger partial charge is 0.322 e. The van der Waals surface area contributed by atoms with E-state index in [-0.39, 0.29) is 5.91 Å². The molecule has 0 saturated heterocycles. The van der Waals surface area contributed by atoms with Crippen LogP contribution in [0, 0.1) is 24.7 Å². The smallest absolute Gasteiger partial charge is 0.255 e. The predicted molar refractivity (Wildman–Crippen MR) is 124 cm³/mol. The molecule has 2 N–H and O–H groups in total. The van der Waals surface area contributed by atoms with Crippen molar-refractivity contribution in [3.05, 3.63) is 59.2 Å². The maximum Gasteiger partial charge on any atom is 0.255 e. The Morgan fingerprint density at radius 3 is 2.06 bits per heavy atom. The summed E-state index contributed by atoms with van der Waals surface area (Å²) >= 11 is 0. The molecule has 4 aliphatic carbocycles. The second-order valence-electron chi connectivity index (χ2n) is 10.1. The van der Waals surface area contributed by atoms with Crippen molar-refractivity contribution in [3.63, 3.8) is 0 Å². The molecule has 2 aromatic rings. The van der Waals surface area contributed by atoms with Crippen LogP contribution in [0.1, 0.15) is 60.0 Å². The van der Waals surface area contributed by atoms with Crippen molar-refractivity contribution < 1.29 is 13.2 Å². The van der Waals surface area contributed by atoms with Crippen molar-refractivity contribution in [2.24, 2.45) is 17.8 Å². The summed E-state index contributed by atoms with van der Waals surface area (Å²) in [6.07, 6.45) is 9.36. The zero-order chi connectivity index (χ0) is 21.8. The maximum atomic E-state index is 12.8. The minimum atomic E-state index is -3.41. The summed E-state index contributed by atoms with van der Waals surface area (Å²) in [4.78, 5) is 12.8. The highest BCUT2D eigenvalue weighted by atomic mass is 32.2. The number of aryl methyl sites for hydroxylation is 1. The van der Waals surface area contributed by atoms with Crippen molar-refractivity contribution in [2.45, 2.75) is 50.9 Å². The molecular weight excluding hydrogens is 408 g/mol. The molecule has 0 atom stereocenters. The highest BCUT2D eigenvalue weighted by Crippen LogP contribution is 2.60. The predicted octanol–water partition coefficient (Wildman–Crippen LogP) is 5.09. The number of hydrogen-bond donors (Lipinski definition) is 2. The van der Waals surface area contributed by atoms with Gasteiger partial charge in [0.05, 0.1) is 11.9 Å². The number of hydrogen-bond acceptors (Lipinski definition) is 3. The third-order valence-corrected chi connectivity index (χ3v) is 8.18. The van der Waals surface area contributed by atoms with Crippen LogP contribution in [0.5, 0.6) is 0 Å². The van der Waals surface area contributed by atoms with Gasteiger partial charge in [-0.1, -0.05) is 18.2 Å². The minimum absolute atomic E-state index is 0.251. The molecule has 0 aliphatic heterocycles. The summed E-state index contributed by atoms with van der Waals surface area (Å²) in [6.45, 7) is 1.80. The third kappa shape index (κ3) is 4.10. The van der Waals surface area contributed by atoms with Crippen molar-refractivity contribution in [1.29, 1.82) is 0 Å². The first-order valence-corrected chi connectivity index (χ1v) is 13.1. The third-order valence-electron chi connectivity index (χ3n) is 7.59. The molecule has 0 unspecified atom stereocenters. The average Bonchev–Trinajstić information content (AvgIpc) is 2.68. The van der Waals surface area contributed by atoms with Crippen LogP contribution < -0.4 is 10.0 Å². The Kier molecular flexibility index (Phi) is 4.88. The molecule has 4 aliphatic rings. The second-order valence-corrected chi connectivity index (χ2v) is 11.9. The van der Waals surface area contributed by atoms with Gasteiger partial charge in [-0.05, 0) is 104 Å². The molecule has 0 radical (unpaired) electrons. The van der Waals surface area contributed by atoms with Crippen LogP contribution in [-0.2, 0) is 15.4 Å². The van der Waals surface area contributed by atoms with Crippen LogP contribution in [0.15, 0.2) is 42.5 Å². The second kappa shape index (κ2) is 7.37. The van der Waals surface area contributed by atoms with Crippen LogP contribution in [0.4, 0.5) is 11.4 Å². The Bertz CT molecular complexity index is 1090. The van der Waals surface area contributed by atoms with Gasteiger partial charge in [-0.3, -0.25) is 9.52 Å². The molecular formula is C25H30N2O3S. The van der Waals surface area contributed by atoms with E-state index in [2.05, 4.69) is 22.2 Å². The topological polar surface area (TPSA) is 75.3 Å². The van der Waals surface area contributed by atoms with Gasteiger partial charge < -0.3 is 5.32 Å². The molecule has 6 rings (SSSR count). The van der Waals surface area contributed by atoms with E-state index in [4.69, 9.17) is 0 Å². The molecule has 0 spiro atoms. The van der Waals surface area contributed by atoms with E-state index in [0.29, 0.717) is 16.7 Å². The number of rotatable bonds is 5. The summed E-state index contributed by atoms with van der Waals surface area (Å²) in [5.41, 5.74) is 4.15. The van der Waals surface area contributed by atoms with E-state index in [9.17, 15) is 13.2 Å². The van der Waals surface area contributed by atoms with Crippen LogP contribution in [0.25, 0.3) is 0 Å². The zero-order valence-corrected chi connectivity index (χ0v) is 19.0. The fourth-order valence-corrected chi connectivity index (χ4v) is 7.27. The highest BCUT2D eigenvalue weighted by molar-refractivity contribution is 7.92. The summed E-state index contributed by atoms with van der Waals surface area (Å²) in [5, 5.41) is 2.95. The Hall–Kier alpha value is -2.34. The average molecular weight is 439 g/mol. The number of carbonyl (C=O) groups excluding carboxylic acids is 1. The highest BCUT2D eigenvalue weighted by Gasteiger charge is 2.51. The number of sulfonamides is 1. The Morgan fingerprint density at radius 1 is 0.935 bits per heavy atom. The Labute approximate surface area is 184 Å². The van der Waals surface area contributed by atoms with Gasteiger partial charge in [-0.15, -0.1) is 0 Å². The van der Waals surface area contributed by atoms with E-state index < -0.39 is 10.0 Å². The van der Waals surface area contributed by atoms with Crippen LogP contribution in [0.3, 0.4) is 0 Å². The normalized spacial score (nSPS) is 29.0. The molecule has 2 aromatic carbocycles. The summed E-state index contributed by atoms with van der Waals surface area (Å²) in [7, 11) is -3.41. The lowest BCUT2D eigenvalue weighted by Crippen LogP contribution is -2.48. The molecule has 164 valence electrons. The van der Waals surface area contributed by atoms with Gasteiger partial charge in [-0.2, -0.15) is 0 Å². The lowest BCUT2D eigenvalue weighted by molar-refractivity contribution is -0.00518. The maximum absolute atomic E-state index is 12.8. The monoisotopic (exact) mass is 438 g/mol. The van der Waals surface area contributed by atoms with E-state index in [1.165, 1.54) is 44.1 Å². The van der Waals surface area contributed by atoms with E-state index in [1.807, 2.05) is 12.1 Å². The van der Waals surface area contributed by atoms with Gasteiger partial charge in [0.25, 0.3) is 5.91 Å². The number of anilines is 2. The number of amides is 1. The van der Waals surface area contributed by atoms with E-state index >= 15 is 0 Å². The summed E-state index contributed by atoms with van der Waals surface area (Å²) in [6, 6.07) is 13.5. The van der Waals surface area contributed by atoms with Gasteiger partial charge in [0.2, 0.25) is 10.0 Å². The zero-order valence-electron chi connectivity index (χ0n) is 18.1. The Balaban J connectivity index is 1.31. The van der Waals surface area contributed by atoms with Gasteiger partial charge in [-0.25, -0.2) is 8.42 Å². The van der Waals surface area contributed by atoms with E-state index in [1.54, 1.807) is 25.1 Å². The summed E-state index contributed by atoms with van der Waals surface area (Å²) in [5.74, 6) is 2.46. The molecule has 0 aromatic heterocycles. The summed E-state index contributed by atoms with van der Waals surface area (Å²) < 4.78 is 25.6. The van der Waals surface area contributed by atoms with Gasteiger partial charge >= 0.3 is 0 Å². The van der Waals surface area contributed by atoms with Gasteiger partial charge in [0.15, 0.2) is 0 Å². The first kappa shape index (κ1) is 20.6. The number of nitrogens with one attached hydrogen (secondary N) is 2. The van der Waals surface area contributed by atoms with Crippen molar-refractivity contribution in [2.75, 3.05) is 16.3 Å². The number of benzene rings is 2. The minimum Gasteiger partial charge on any atom is -0.322 e. The SMILES string of the molecule is Cc1ccc(C(=O)Nc2ccc(C34CC5CC(CC(C5)C3)C4)cc2)cc1NS(C)(=O)=O. The lowest BCUT2D eigenvalue weighted by atomic mass is 9.48. The molecule has 4 fully saturated rings. The van der Waals surface area contributed by atoms with Crippen LogP contribution in [0.2, 0.25) is 0 Å². The first-order chi connectivity index (χ1) is 14.7. The van der Waals surface area contributed by atoms with Gasteiger partial charge in [0.1, 0.15) is 0 Å². The molecule has 1 amide bonds. The van der Waals surface area contributed by atoms with Gasteiger partial charge in [0, 0.05) is 11.3 Å². The number of carbonyl (C=O) groups is 1. The molecule has 5 nitrogen and oxygen atoms in total. The fourth-order valence-electron chi connectivity index (χ4n) is 6.65. The molecule has 31 heavy (non-hydrogen) atoms. The van der Waals surface area contributed by atoms with Crippen molar-refractivity contribution in [3.8, 4) is 0 Å². The van der Waals surface area contributed by atoms with Crippen molar-refractivity contribution in [1.82, 2.24) is 0 Å². The fraction of sp³-hybridized carbons (Fsp3) is 0.480. The molecule has 0 heterocycles. The first-order valence-electron chi connectivity index (χ1n) is 11.2. The quantitative estimate of drug-likeness (QED) is 0.683.